The van der Waals surface area contributed by atoms with E-state index >= 15 is 0 Å². The van der Waals surface area contributed by atoms with Gasteiger partial charge in [-0.3, -0.25) is 19.0 Å². The van der Waals surface area contributed by atoms with Gasteiger partial charge in [-0.2, -0.15) is 8.42 Å². The SMILES string of the molecule is C=C[C@H]1CN2CC[C@H]1C[C@H]2[C@H](O)c1ccnc2ccc(OC)cc12.O=C(O)C(O)C(O)C(=O)O.O=S(=O)(O)O. The number of aliphatic carboxylic acids is 2. The van der Waals surface area contributed by atoms with Crippen molar-refractivity contribution in [1.82, 2.24) is 9.88 Å². The summed E-state index contributed by atoms with van der Waals surface area (Å²) in [7, 11) is -3.01. The number of carboxylic acids is 2. The zero-order chi connectivity index (χ0) is 29.5. The number of carboxylic acid groups (broad SMARTS) is 2. The molecule has 0 amide bonds. The van der Waals surface area contributed by atoms with Crippen LogP contribution in [0.25, 0.3) is 10.9 Å². The van der Waals surface area contributed by atoms with Crippen molar-refractivity contribution in [1.29, 1.82) is 0 Å². The van der Waals surface area contributed by atoms with E-state index in [4.69, 9.17) is 42.7 Å². The standard InChI is InChI=1S/C20H24N2O2.C4H6O6.H2O4S/c1-3-13-12-22-9-7-14(13)10-19(22)20(23)16-6-8-21-18-5-4-15(24-2)11-17(16)18;5-1(3(7)8)2(6)4(9)10;1-5(2,3)4/h3-6,8,11,13-14,19-20,23H,1,7,9-10,12H2,2H3;1-2,5-6H,(H,7,8)(H,9,10);(H2,1,2,3,4)/t13-,14-,19-,20+;;/m0../s1. The third kappa shape index (κ3) is 8.93. The molecule has 4 heterocycles. The van der Waals surface area contributed by atoms with Gasteiger partial charge in [0.05, 0.1) is 18.7 Å². The highest BCUT2D eigenvalue weighted by Gasteiger charge is 2.42. The third-order valence-electron chi connectivity index (χ3n) is 6.62. The molecular weight excluding hydrogens is 540 g/mol. The van der Waals surface area contributed by atoms with Gasteiger partial charge in [0.15, 0.2) is 12.2 Å². The summed E-state index contributed by atoms with van der Waals surface area (Å²) in [4.78, 5) is 26.4. The smallest absolute Gasteiger partial charge is 0.394 e. The molecule has 5 rings (SSSR count). The average Bonchev–Trinajstić information content (AvgIpc) is 2.90. The lowest BCUT2D eigenvalue weighted by Gasteiger charge is -2.50. The van der Waals surface area contributed by atoms with E-state index in [2.05, 4.69) is 22.5 Å². The van der Waals surface area contributed by atoms with Gasteiger partial charge in [-0.05, 0) is 61.1 Å². The van der Waals surface area contributed by atoms with E-state index in [1.807, 2.05) is 24.3 Å². The molecule has 1 aromatic carbocycles. The van der Waals surface area contributed by atoms with Crippen LogP contribution >= 0.6 is 0 Å². The van der Waals surface area contributed by atoms with Gasteiger partial charge in [-0.1, -0.05) is 6.08 Å². The van der Waals surface area contributed by atoms with E-state index in [-0.39, 0.29) is 6.04 Å². The van der Waals surface area contributed by atoms with Crippen molar-refractivity contribution in [3.63, 3.8) is 0 Å². The number of benzene rings is 1. The van der Waals surface area contributed by atoms with Gasteiger partial charge in [0.1, 0.15) is 5.75 Å². The molecule has 39 heavy (non-hydrogen) atoms. The molecule has 3 fully saturated rings. The van der Waals surface area contributed by atoms with Crippen LogP contribution in [0.1, 0.15) is 24.5 Å². The van der Waals surface area contributed by atoms with Gasteiger partial charge in [-0.15, -0.1) is 6.58 Å². The molecule has 14 nitrogen and oxygen atoms in total. The van der Waals surface area contributed by atoms with Gasteiger partial charge < -0.3 is 30.3 Å². The van der Waals surface area contributed by atoms with Crippen molar-refractivity contribution >= 4 is 33.2 Å². The largest absolute Gasteiger partial charge is 0.497 e. The third-order valence-corrected chi connectivity index (χ3v) is 6.62. The van der Waals surface area contributed by atoms with Gasteiger partial charge in [0, 0.05) is 24.2 Å². The van der Waals surface area contributed by atoms with Crippen molar-refractivity contribution in [2.75, 3.05) is 20.2 Å². The fourth-order valence-electron chi connectivity index (χ4n) is 4.71. The number of fused-ring (bicyclic) bond motifs is 4. The van der Waals surface area contributed by atoms with Crippen LogP contribution in [0.3, 0.4) is 0 Å². The van der Waals surface area contributed by atoms with Gasteiger partial charge >= 0.3 is 22.3 Å². The minimum Gasteiger partial charge on any atom is -0.497 e. The highest BCUT2D eigenvalue weighted by molar-refractivity contribution is 7.79. The molecule has 3 saturated heterocycles. The summed E-state index contributed by atoms with van der Waals surface area (Å²) in [6, 6.07) is 7.96. The number of aliphatic hydroxyl groups is 3. The van der Waals surface area contributed by atoms with Crippen molar-refractivity contribution in [2.24, 2.45) is 11.8 Å². The highest BCUT2D eigenvalue weighted by Crippen LogP contribution is 2.42. The number of pyridine rings is 1. The summed E-state index contributed by atoms with van der Waals surface area (Å²) >= 11 is 0. The average molecular weight is 573 g/mol. The number of nitrogens with zero attached hydrogens (tertiary/aromatic N) is 2. The summed E-state index contributed by atoms with van der Waals surface area (Å²) in [5.41, 5.74) is 1.85. The Morgan fingerprint density at radius 2 is 1.72 bits per heavy atom. The second kappa shape index (κ2) is 13.7. The maximum absolute atomic E-state index is 11.2. The Morgan fingerprint density at radius 1 is 1.13 bits per heavy atom. The Bertz CT molecular complexity index is 1240. The topological polar surface area (TPSA) is 235 Å². The summed E-state index contributed by atoms with van der Waals surface area (Å²) in [6.45, 7) is 6.07. The van der Waals surface area contributed by atoms with E-state index in [0.29, 0.717) is 11.8 Å². The highest BCUT2D eigenvalue weighted by atomic mass is 32.3. The molecule has 3 unspecified atom stereocenters. The lowest BCUT2D eigenvalue weighted by molar-refractivity contribution is -0.165. The Hall–Kier alpha value is -3.18. The van der Waals surface area contributed by atoms with Crippen LogP contribution in [-0.2, 0) is 20.0 Å². The molecule has 2 aromatic rings. The first-order chi connectivity index (χ1) is 18.2. The minimum atomic E-state index is -4.67. The maximum Gasteiger partial charge on any atom is 0.394 e. The van der Waals surface area contributed by atoms with Gasteiger partial charge in [0.2, 0.25) is 0 Å². The van der Waals surface area contributed by atoms with Crippen LogP contribution in [-0.4, -0.2) is 103 Å². The quantitative estimate of drug-likeness (QED) is 0.176. The molecule has 3 aliphatic heterocycles. The number of aliphatic hydroxyl groups excluding tert-OH is 3. The van der Waals surface area contributed by atoms with Crippen molar-refractivity contribution < 1.29 is 57.4 Å². The number of hydrogen-bond acceptors (Lipinski definition) is 10. The maximum atomic E-state index is 11.2. The molecule has 15 heteroatoms. The Balaban J connectivity index is 0.000000297. The summed E-state index contributed by atoms with van der Waals surface area (Å²) in [6.07, 6.45) is 1.09. The number of carbonyl (C=O) groups is 2. The zero-order valence-corrected chi connectivity index (χ0v) is 21.8. The van der Waals surface area contributed by atoms with E-state index < -0.39 is 40.6 Å². The second-order valence-corrected chi connectivity index (χ2v) is 9.88. The van der Waals surface area contributed by atoms with Gasteiger partial charge in [0.25, 0.3) is 0 Å². The van der Waals surface area contributed by atoms with Crippen LogP contribution in [0.4, 0.5) is 0 Å². The zero-order valence-electron chi connectivity index (χ0n) is 20.9. The predicted octanol–water partition coefficient (Wildman–Crippen LogP) is 0.398. The second-order valence-electron chi connectivity index (χ2n) is 8.99. The van der Waals surface area contributed by atoms with Crippen LogP contribution in [0.5, 0.6) is 5.75 Å². The van der Waals surface area contributed by atoms with Crippen LogP contribution < -0.4 is 4.74 Å². The number of rotatable bonds is 7. The fourth-order valence-corrected chi connectivity index (χ4v) is 4.71. The Morgan fingerprint density at radius 3 is 2.18 bits per heavy atom. The van der Waals surface area contributed by atoms with Crippen molar-refractivity contribution in [2.45, 2.75) is 37.2 Å². The molecule has 0 spiro atoms. The Kier molecular flexibility index (Phi) is 11.3. The number of aromatic nitrogens is 1. The molecule has 0 saturated carbocycles. The van der Waals surface area contributed by atoms with Crippen LogP contribution in [0.15, 0.2) is 43.1 Å². The monoisotopic (exact) mass is 572 g/mol. The molecule has 7 atom stereocenters. The summed E-state index contributed by atoms with van der Waals surface area (Å²) in [5, 5.41) is 44.7. The van der Waals surface area contributed by atoms with Crippen molar-refractivity contribution in [3.05, 3.63) is 48.7 Å². The first-order valence-electron chi connectivity index (χ1n) is 11.7. The lowest BCUT2D eigenvalue weighted by Crippen LogP contribution is -2.54. The molecule has 3 aliphatic rings. The first kappa shape index (κ1) is 32.0. The minimum absolute atomic E-state index is 0.178. The Labute approximate surface area is 224 Å². The van der Waals surface area contributed by atoms with Crippen molar-refractivity contribution in [3.8, 4) is 5.75 Å². The molecule has 2 bridgehead atoms. The number of methoxy groups -OCH3 is 1. The molecule has 216 valence electrons. The number of ether oxygens (including phenoxy) is 1. The predicted molar refractivity (Wildman–Crippen MR) is 136 cm³/mol. The molecule has 0 radical (unpaired) electrons. The van der Waals surface area contributed by atoms with Crippen LogP contribution in [0, 0.1) is 11.8 Å². The van der Waals surface area contributed by atoms with E-state index in [1.54, 1.807) is 13.3 Å². The number of piperidine rings is 3. The lowest BCUT2D eigenvalue weighted by atomic mass is 9.73. The molecular formula is C24H32N2O12S. The molecule has 7 N–H and O–H groups in total. The summed E-state index contributed by atoms with van der Waals surface area (Å²) < 4.78 is 36.9. The van der Waals surface area contributed by atoms with Gasteiger partial charge in [-0.25, -0.2) is 9.59 Å². The summed E-state index contributed by atoms with van der Waals surface area (Å²) in [5.74, 6) is -1.53. The normalized spacial score (nSPS) is 24.2. The molecule has 0 aliphatic carbocycles. The van der Waals surface area contributed by atoms with E-state index in [9.17, 15) is 14.7 Å². The first-order valence-corrected chi connectivity index (χ1v) is 13.1. The number of hydrogen-bond donors (Lipinski definition) is 7. The molecule has 1 aromatic heterocycles. The fraction of sp³-hybridized carbons (Fsp3) is 0.458. The van der Waals surface area contributed by atoms with E-state index in [1.165, 1.54) is 6.42 Å². The van der Waals surface area contributed by atoms with E-state index in [0.717, 1.165) is 41.7 Å². The van der Waals surface area contributed by atoms with Crippen LogP contribution in [0.2, 0.25) is 0 Å².